The van der Waals surface area contributed by atoms with Crippen molar-refractivity contribution >= 4 is 5.69 Å². The van der Waals surface area contributed by atoms with Crippen molar-refractivity contribution in [3.63, 3.8) is 0 Å². The lowest BCUT2D eigenvalue weighted by atomic mass is 10.2. The minimum Gasteiger partial charge on any atom is -0.419 e. The zero-order valence-corrected chi connectivity index (χ0v) is 13.7. The predicted octanol–water partition coefficient (Wildman–Crippen LogP) is 2.51. The van der Waals surface area contributed by atoms with Crippen LogP contribution in [0, 0.1) is 10.1 Å². The molecule has 0 N–H and O–H groups in total. The van der Waals surface area contributed by atoms with Crippen LogP contribution in [0.4, 0.5) is 5.69 Å². The first-order chi connectivity index (χ1) is 13.1. The van der Waals surface area contributed by atoms with Gasteiger partial charge in [-0.15, -0.1) is 10.2 Å². The van der Waals surface area contributed by atoms with Gasteiger partial charge in [-0.1, -0.05) is 35.5 Å². The molecule has 10 heteroatoms. The molecule has 0 bridgehead atoms. The molecule has 2 heterocycles. The van der Waals surface area contributed by atoms with Crippen molar-refractivity contribution in [3.05, 3.63) is 81.2 Å². The second-order valence-corrected chi connectivity index (χ2v) is 5.53. The van der Waals surface area contributed by atoms with Crippen LogP contribution >= 0.6 is 0 Å². The van der Waals surface area contributed by atoms with Crippen LogP contribution in [0.5, 0.6) is 0 Å². The van der Waals surface area contributed by atoms with Crippen molar-refractivity contribution < 1.29 is 13.9 Å². The Balaban J connectivity index is 1.61. The molecule has 134 valence electrons. The largest absolute Gasteiger partial charge is 0.442 e. The third-order valence-electron chi connectivity index (χ3n) is 3.80. The summed E-state index contributed by atoms with van der Waals surface area (Å²) in [5.41, 5.74) is 1.20. The second kappa shape index (κ2) is 6.67. The first-order valence-electron chi connectivity index (χ1n) is 7.81. The number of hydrogen-bond acceptors (Lipinski definition) is 8. The van der Waals surface area contributed by atoms with Gasteiger partial charge in [-0.05, 0) is 12.1 Å². The summed E-state index contributed by atoms with van der Waals surface area (Å²) >= 11 is 0. The Morgan fingerprint density at radius 1 is 1.00 bits per heavy atom. The lowest BCUT2D eigenvalue weighted by Gasteiger charge is -2.01. The highest BCUT2D eigenvalue weighted by Crippen LogP contribution is 2.22. The standard InChI is InChI=1S/C17H11N5O5/c23-17-21(15(20-27-17)11-4-2-1-3-5-11)10-14-18-19-16(26-14)12-6-8-13(9-7-12)22(24)25/h1-9H,10H2. The SMILES string of the molecule is O=c1onc(-c2ccccc2)n1Cc1nnc(-c2ccc([N+](=O)[O-])cc2)o1. The van der Waals surface area contributed by atoms with Gasteiger partial charge in [0.2, 0.25) is 11.8 Å². The van der Waals surface area contributed by atoms with Gasteiger partial charge in [-0.2, -0.15) is 0 Å². The Hall–Kier alpha value is -4.08. The molecule has 0 radical (unpaired) electrons. The molecule has 0 fully saturated rings. The molecule has 10 nitrogen and oxygen atoms in total. The first-order valence-corrected chi connectivity index (χ1v) is 7.81. The zero-order chi connectivity index (χ0) is 18.8. The van der Waals surface area contributed by atoms with Gasteiger partial charge in [0.25, 0.3) is 5.69 Å². The van der Waals surface area contributed by atoms with Crippen molar-refractivity contribution in [2.45, 2.75) is 6.54 Å². The molecule has 0 saturated heterocycles. The number of nitro benzene ring substituents is 1. The number of benzene rings is 2. The predicted molar refractivity (Wildman–Crippen MR) is 91.7 cm³/mol. The maximum Gasteiger partial charge on any atom is 0.442 e. The van der Waals surface area contributed by atoms with Gasteiger partial charge in [0.15, 0.2) is 5.82 Å². The fourth-order valence-electron chi connectivity index (χ4n) is 2.50. The Labute approximate surface area is 150 Å². The molecule has 2 aromatic carbocycles. The molecular formula is C17H11N5O5. The molecule has 0 spiro atoms. The molecule has 0 aliphatic heterocycles. The number of aromatic nitrogens is 4. The minimum atomic E-state index is -0.649. The van der Waals surface area contributed by atoms with E-state index in [9.17, 15) is 14.9 Å². The van der Waals surface area contributed by atoms with E-state index < -0.39 is 10.7 Å². The van der Waals surface area contributed by atoms with Crippen molar-refractivity contribution in [2.24, 2.45) is 0 Å². The first kappa shape index (κ1) is 16.4. The quantitative estimate of drug-likeness (QED) is 0.389. The third kappa shape index (κ3) is 3.23. The van der Waals surface area contributed by atoms with Gasteiger partial charge in [0.05, 0.1) is 4.92 Å². The van der Waals surface area contributed by atoms with Gasteiger partial charge in [0.1, 0.15) is 6.54 Å². The highest BCUT2D eigenvalue weighted by molar-refractivity contribution is 5.55. The van der Waals surface area contributed by atoms with Crippen molar-refractivity contribution in [2.75, 3.05) is 0 Å². The van der Waals surface area contributed by atoms with E-state index >= 15 is 0 Å². The Bertz CT molecular complexity index is 1140. The van der Waals surface area contributed by atoms with E-state index in [-0.39, 0.29) is 24.0 Å². The van der Waals surface area contributed by atoms with E-state index in [4.69, 9.17) is 8.94 Å². The van der Waals surface area contributed by atoms with E-state index in [1.807, 2.05) is 18.2 Å². The number of hydrogen-bond donors (Lipinski definition) is 0. The van der Waals surface area contributed by atoms with E-state index in [0.717, 1.165) is 0 Å². The van der Waals surface area contributed by atoms with E-state index in [0.29, 0.717) is 17.0 Å². The van der Waals surface area contributed by atoms with Crippen molar-refractivity contribution in [1.29, 1.82) is 0 Å². The molecule has 0 aliphatic carbocycles. The fraction of sp³-hybridized carbons (Fsp3) is 0.0588. The van der Waals surface area contributed by atoms with Gasteiger partial charge >= 0.3 is 5.76 Å². The third-order valence-corrected chi connectivity index (χ3v) is 3.80. The molecular weight excluding hydrogens is 354 g/mol. The topological polar surface area (TPSA) is 130 Å². The molecule has 4 aromatic rings. The molecule has 0 amide bonds. The number of rotatable bonds is 5. The lowest BCUT2D eigenvalue weighted by molar-refractivity contribution is -0.384. The summed E-state index contributed by atoms with van der Waals surface area (Å²) in [6.07, 6.45) is 0. The van der Waals surface area contributed by atoms with Gasteiger partial charge in [-0.3, -0.25) is 14.6 Å². The van der Waals surface area contributed by atoms with Crippen molar-refractivity contribution in [1.82, 2.24) is 19.9 Å². The van der Waals surface area contributed by atoms with E-state index in [2.05, 4.69) is 15.4 Å². The average molecular weight is 365 g/mol. The summed E-state index contributed by atoms with van der Waals surface area (Å²) in [5, 5.41) is 22.4. The average Bonchev–Trinajstić information content (AvgIpc) is 3.30. The zero-order valence-electron chi connectivity index (χ0n) is 13.7. The second-order valence-electron chi connectivity index (χ2n) is 5.53. The number of nitrogens with zero attached hydrogens (tertiary/aromatic N) is 5. The number of non-ortho nitro benzene ring substituents is 1. The Morgan fingerprint density at radius 3 is 2.44 bits per heavy atom. The summed E-state index contributed by atoms with van der Waals surface area (Å²) in [6, 6.07) is 14.8. The molecule has 0 aliphatic rings. The van der Waals surface area contributed by atoms with E-state index in [1.54, 1.807) is 12.1 Å². The van der Waals surface area contributed by atoms with Gasteiger partial charge in [-0.25, -0.2) is 9.36 Å². The molecule has 0 saturated carbocycles. The maximum atomic E-state index is 12.0. The van der Waals surface area contributed by atoms with Crippen LogP contribution in [-0.4, -0.2) is 24.8 Å². The van der Waals surface area contributed by atoms with Crippen molar-refractivity contribution in [3.8, 4) is 22.8 Å². The monoisotopic (exact) mass is 365 g/mol. The van der Waals surface area contributed by atoms with Crippen LogP contribution in [0.3, 0.4) is 0 Å². The molecule has 0 unspecified atom stereocenters. The smallest absolute Gasteiger partial charge is 0.419 e. The molecule has 27 heavy (non-hydrogen) atoms. The lowest BCUT2D eigenvalue weighted by Crippen LogP contribution is -2.16. The summed E-state index contributed by atoms with van der Waals surface area (Å²) in [7, 11) is 0. The van der Waals surface area contributed by atoms with Gasteiger partial charge in [0, 0.05) is 23.3 Å². The summed E-state index contributed by atoms with van der Waals surface area (Å²) in [4.78, 5) is 22.2. The molecule has 2 aromatic heterocycles. The molecule has 0 atom stereocenters. The summed E-state index contributed by atoms with van der Waals surface area (Å²) in [6.45, 7) is -0.0213. The maximum absolute atomic E-state index is 12.0. The summed E-state index contributed by atoms with van der Waals surface area (Å²) < 4.78 is 11.6. The highest BCUT2D eigenvalue weighted by atomic mass is 16.6. The van der Waals surface area contributed by atoms with Crippen LogP contribution in [0.1, 0.15) is 5.89 Å². The fourth-order valence-corrected chi connectivity index (χ4v) is 2.50. The van der Waals surface area contributed by atoms with Crippen LogP contribution < -0.4 is 5.76 Å². The van der Waals surface area contributed by atoms with Crippen LogP contribution in [0.15, 0.2) is 68.3 Å². The highest BCUT2D eigenvalue weighted by Gasteiger charge is 2.17. The van der Waals surface area contributed by atoms with Crippen LogP contribution in [0.2, 0.25) is 0 Å². The van der Waals surface area contributed by atoms with E-state index in [1.165, 1.54) is 28.8 Å². The minimum absolute atomic E-state index is 0.0213. The number of nitro groups is 1. The Kier molecular flexibility index (Phi) is 4.05. The molecule has 4 rings (SSSR count). The van der Waals surface area contributed by atoms with Crippen LogP contribution in [-0.2, 0) is 6.54 Å². The normalized spacial score (nSPS) is 10.8. The van der Waals surface area contributed by atoms with Crippen LogP contribution in [0.25, 0.3) is 22.8 Å². The van der Waals surface area contributed by atoms with Gasteiger partial charge < -0.3 is 4.42 Å². The Morgan fingerprint density at radius 2 is 1.74 bits per heavy atom. The summed E-state index contributed by atoms with van der Waals surface area (Å²) in [5.74, 6) is 0.0520.